The van der Waals surface area contributed by atoms with E-state index in [-0.39, 0.29) is 11.5 Å². The van der Waals surface area contributed by atoms with Crippen molar-refractivity contribution in [2.75, 3.05) is 0 Å². The van der Waals surface area contributed by atoms with E-state index in [1.807, 2.05) is 24.3 Å². The van der Waals surface area contributed by atoms with Crippen molar-refractivity contribution >= 4 is 16.8 Å². The van der Waals surface area contributed by atoms with Gasteiger partial charge in [-0.25, -0.2) is 4.79 Å². The van der Waals surface area contributed by atoms with Crippen LogP contribution in [-0.4, -0.2) is 15.8 Å². The van der Waals surface area contributed by atoms with Crippen LogP contribution in [0.15, 0.2) is 47.3 Å². The number of aromatic amines is 2. The lowest BCUT2D eigenvalue weighted by Gasteiger charge is -2.03. The zero-order chi connectivity index (χ0) is 14.1. The van der Waals surface area contributed by atoms with Gasteiger partial charge in [-0.15, -0.1) is 0 Å². The summed E-state index contributed by atoms with van der Waals surface area (Å²) in [7, 11) is 0. The Bertz CT molecular complexity index is 826. The topological polar surface area (TPSA) is 65.7 Å². The number of aryl methyl sites for hydroxylation is 1. The quantitative estimate of drug-likeness (QED) is 0.716. The summed E-state index contributed by atoms with van der Waals surface area (Å²) in [5.41, 5.74) is 3.50. The first-order valence-electron chi connectivity index (χ1n) is 6.53. The van der Waals surface area contributed by atoms with Crippen LogP contribution >= 0.6 is 0 Å². The molecule has 2 aromatic carbocycles. The monoisotopic (exact) mass is 266 g/mol. The number of benzene rings is 2. The smallest absolute Gasteiger partial charge is 0.306 e. The number of imidazole rings is 1. The lowest BCUT2D eigenvalue weighted by atomic mass is 10.0. The van der Waals surface area contributed by atoms with E-state index >= 15 is 0 Å². The van der Waals surface area contributed by atoms with E-state index in [0.717, 1.165) is 6.42 Å². The van der Waals surface area contributed by atoms with Gasteiger partial charge in [-0.3, -0.25) is 4.79 Å². The number of rotatable bonds is 3. The molecular weight excluding hydrogens is 252 g/mol. The van der Waals surface area contributed by atoms with E-state index < -0.39 is 0 Å². The summed E-state index contributed by atoms with van der Waals surface area (Å²) in [6, 6.07) is 12.8. The summed E-state index contributed by atoms with van der Waals surface area (Å²) in [6.07, 6.45) is 0.949. The largest absolute Gasteiger partial charge is 0.323 e. The van der Waals surface area contributed by atoms with Crippen molar-refractivity contribution in [2.24, 2.45) is 0 Å². The van der Waals surface area contributed by atoms with Gasteiger partial charge in [0.1, 0.15) is 0 Å². The first-order valence-corrected chi connectivity index (χ1v) is 6.53. The lowest BCUT2D eigenvalue weighted by molar-refractivity contribution is 0.103. The number of hydrogen-bond acceptors (Lipinski definition) is 2. The van der Waals surface area contributed by atoms with E-state index in [1.165, 1.54) is 5.56 Å². The second kappa shape index (κ2) is 4.81. The molecule has 4 heteroatoms. The van der Waals surface area contributed by atoms with Gasteiger partial charge in [0.05, 0.1) is 11.0 Å². The van der Waals surface area contributed by atoms with Gasteiger partial charge in [-0.1, -0.05) is 31.2 Å². The molecule has 0 aliphatic heterocycles. The molecule has 100 valence electrons. The van der Waals surface area contributed by atoms with Gasteiger partial charge in [0.15, 0.2) is 5.78 Å². The van der Waals surface area contributed by atoms with Crippen LogP contribution in [-0.2, 0) is 6.42 Å². The number of aromatic nitrogens is 2. The van der Waals surface area contributed by atoms with Crippen molar-refractivity contribution in [3.63, 3.8) is 0 Å². The van der Waals surface area contributed by atoms with Gasteiger partial charge in [0.25, 0.3) is 0 Å². The van der Waals surface area contributed by atoms with Crippen molar-refractivity contribution in [1.29, 1.82) is 0 Å². The molecule has 1 heterocycles. The summed E-state index contributed by atoms with van der Waals surface area (Å²) < 4.78 is 0. The standard InChI is InChI=1S/C16H14N2O2/c1-2-10-3-5-11(6-4-10)15(19)12-7-8-13-14(9-12)18-16(20)17-13/h3-9H,2H2,1H3,(H2,17,18,20). The Morgan fingerprint density at radius 2 is 1.60 bits per heavy atom. The van der Waals surface area contributed by atoms with Gasteiger partial charge in [0.2, 0.25) is 0 Å². The summed E-state index contributed by atoms with van der Waals surface area (Å²) in [5, 5.41) is 0. The minimum Gasteiger partial charge on any atom is -0.306 e. The summed E-state index contributed by atoms with van der Waals surface area (Å²) in [5.74, 6) is -0.0448. The molecule has 0 bridgehead atoms. The summed E-state index contributed by atoms with van der Waals surface area (Å²) >= 11 is 0. The fourth-order valence-corrected chi connectivity index (χ4v) is 2.23. The average molecular weight is 266 g/mol. The third-order valence-corrected chi connectivity index (χ3v) is 3.40. The summed E-state index contributed by atoms with van der Waals surface area (Å²) in [4.78, 5) is 28.9. The second-order valence-corrected chi connectivity index (χ2v) is 4.72. The Hall–Kier alpha value is -2.62. The van der Waals surface area contributed by atoms with Crippen molar-refractivity contribution in [1.82, 2.24) is 9.97 Å². The van der Waals surface area contributed by atoms with Crippen LogP contribution in [0.1, 0.15) is 28.4 Å². The zero-order valence-corrected chi connectivity index (χ0v) is 11.1. The number of carbonyl (C=O) groups excluding carboxylic acids is 1. The molecule has 0 spiro atoms. The molecule has 0 radical (unpaired) electrons. The molecule has 0 aliphatic rings. The molecule has 2 N–H and O–H groups in total. The van der Waals surface area contributed by atoms with Crippen LogP contribution in [0.5, 0.6) is 0 Å². The van der Waals surface area contributed by atoms with Gasteiger partial charge in [-0.05, 0) is 30.2 Å². The van der Waals surface area contributed by atoms with Gasteiger partial charge < -0.3 is 9.97 Å². The highest BCUT2D eigenvalue weighted by Gasteiger charge is 2.10. The van der Waals surface area contributed by atoms with Crippen LogP contribution in [0.2, 0.25) is 0 Å². The van der Waals surface area contributed by atoms with E-state index in [9.17, 15) is 9.59 Å². The molecule has 20 heavy (non-hydrogen) atoms. The normalized spacial score (nSPS) is 10.8. The highest BCUT2D eigenvalue weighted by atomic mass is 16.1. The van der Waals surface area contributed by atoms with Gasteiger partial charge in [0, 0.05) is 11.1 Å². The molecule has 0 amide bonds. The number of nitrogens with one attached hydrogen (secondary N) is 2. The Kier molecular flexibility index (Phi) is 2.99. The van der Waals surface area contributed by atoms with Crippen LogP contribution in [0.25, 0.3) is 11.0 Å². The second-order valence-electron chi connectivity index (χ2n) is 4.72. The van der Waals surface area contributed by atoms with E-state index in [1.54, 1.807) is 18.2 Å². The number of carbonyl (C=O) groups is 1. The lowest BCUT2D eigenvalue weighted by Crippen LogP contribution is -2.01. The van der Waals surface area contributed by atoms with Crippen LogP contribution in [0, 0.1) is 0 Å². The Morgan fingerprint density at radius 3 is 2.30 bits per heavy atom. The van der Waals surface area contributed by atoms with E-state index in [4.69, 9.17) is 0 Å². The van der Waals surface area contributed by atoms with Crippen LogP contribution < -0.4 is 5.69 Å². The number of hydrogen-bond donors (Lipinski definition) is 2. The fraction of sp³-hybridized carbons (Fsp3) is 0.125. The molecular formula is C16H14N2O2. The molecule has 0 aliphatic carbocycles. The summed E-state index contributed by atoms with van der Waals surface area (Å²) in [6.45, 7) is 2.08. The van der Waals surface area contributed by atoms with E-state index in [2.05, 4.69) is 16.9 Å². The van der Waals surface area contributed by atoms with Crippen molar-refractivity contribution < 1.29 is 4.79 Å². The SMILES string of the molecule is CCc1ccc(C(=O)c2ccc3[nH]c(=O)[nH]c3c2)cc1. The molecule has 0 atom stereocenters. The molecule has 0 unspecified atom stereocenters. The number of H-pyrrole nitrogens is 2. The maximum atomic E-state index is 12.4. The first-order chi connectivity index (χ1) is 9.67. The number of ketones is 1. The predicted molar refractivity (Wildman–Crippen MR) is 78.2 cm³/mol. The highest BCUT2D eigenvalue weighted by molar-refractivity contribution is 6.10. The molecule has 0 fully saturated rings. The Morgan fingerprint density at radius 1 is 0.950 bits per heavy atom. The minimum atomic E-state index is -0.267. The van der Waals surface area contributed by atoms with Crippen LogP contribution in [0.4, 0.5) is 0 Å². The van der Waals surface area contributed by atoms with Crippen molar-refractivity contribution in [3.05, 3.63) is 69.6 Å². The first kappa shape index (κ1) is 12.4. The number of fused-ring (bicyclic) bond motifs is 1. The maximum absolute atomic E-state index is 12.4. The Labute approximate surface area is 115 Å². The maximum Gasteiger partial charge on any atom is 0.323 e. The third kappa shape index (κ3) is 2.16. The Balaban J connectivity index is 2.00. The van der Waals surface area contributed by atoms with Gasteiger partial charge in [-0.2, -0.15) is 0 Å². The molecule has 0 saturated heterocycles. The van der Waals surface area contributed by atoms with Crippen molar-refractivity contribution in [3.8, 4) is 0 Å². The molecule has 0 saturated carbocycles. The van der Waals surface area contributed by atoms with E-state index in [0.29, 0.717) is 22.2 Å². The predicted octanol–water partition coefficient (Wildman–Crippen LogP) is 2.65. The minimum absolute atomic E-state index is 0.0448. The highest BCUT2D eigenvalue weighted by Crippen LogP contribution is 2.15. The molecule has 3 aromatic rings. The van der Waals surface area contributed by atoms with Gasteiger partial charge >= 0.3 is 5.69 Å². The zero-order valence-electron chi connectivity index (χ0n) is 11.1. The average Bonchev–Trinajstić information content (AvgIpc) is 2.85. The molecule has 3 rings (SSSR count). The van der Waals surface area contributed by atoms with Crippen LogP contribution in [0.3, 0.4) is 0 Å². The third-order valence-electron chi connectivity index (χ3n) is 3.40. The molecule has 4 nitrogen and oxygen atoms in total. The van der Waals surface area contributed by atoms with Crippen molar-refractivity contribution in [2.45, 2.75) is 13.3 Å². The fourth-order valence-electron chi connectivity index (χ4n) is 2.23. The molecule has 1 aromatic heterocycles.